The van der Waals surface area contributed by atoms with E-state index in [4.69, 9.17) is 4.74 Å². The number of benzene rings is 2. The number of aryl methyl sites for hydroxylation is 2. The van der Waals surface area contributed by atoms with Crippen LogP contribution in [-0.4, -0.2) is 26.5 Å². The number of hydrogen-bond donors (Lipinski definition) is 1. The Hall–Kier alpha value is -2.86. The molecule has 0 spiro atoms. The van der Waals surface area contributed by atoms with E-state index >= 15 is 0 Å². The van der Waals surface area contributed by atoms with Gasteiger partial charge in [0.1, 0.15) is 5.03 Å². The van der Waals surface area contributed by atoms with Crippen molar-refractivity contribution in [2.45, 2.75) is 36.1 Å². The molecule has 6 heteroatoms. The summed E-state index contributed by atoms with van der Waals surface area (Å²) < 4.78 is 30.7. The first-order chi connectivity index (χ1) is 13.3. The molecular weight excluding hydrogens is 374 g/mol. The zero-order chi connectivity index (χ0) is 20.3. The highest BCUT2D eigenvalue weighted by molar-refractivity contribution is 7.91. The zero-order valence-electron chi connectivity index (χ0n) is 16.1. The van der Waals surface area contributed by atoms with Crippen LogP contribution in [0.15, 0.2) is 70.7 Å². The average molecular weight is 397 g/mol. The van der Waals surface area contributed by atoms with Gasteiger partial charge in [-0.1, -0.05) is 47.5 Å². The first-order valence-corrected chi connectivity index (χ1v) is 10.4. The molecule has 1 heterocycles. The van der Waals surface area contributed by atoms with Crippen LogP contribution >= 0.6 is 0 Å². The zero-order valence-corrected chi connectivity index (χ0v) is 16.9. The topological polar surface area (TPSA) is 76.2 Å². The number of aromatic amines is 1. The van der Waals surface area contributed by atoms with Gasteiger partial charge in [-0.2, -0.15) is 0 Å². The Bertz CT molecular complexity index is 1060. The number of ether oxygens (including phenoxy) is 1. The number of carbonyl (C=O) groups is 1. The van der Waals surface area contributed by atoms with Gasteiger partial charge in [0.15, 0.2) is 0 Å². The second-order valence-electron chi connectivity index (χ2n) is 6.88. The van der Waals surface area contributed by atoms with Gasteiger partial charge in [0.05, 0.1) is 17.9 Å². The van der Waals surface area contributed by atoms with Crippen molar-refractivity contribution in [3.05, 3.63) is 83.0 Å². The van der Waals surface area contributed by atoms with Gasteiger partial charge in [-0.15, -0.1) is 0 Å². The summed E-state index contributed by atoms with van der Waals surface area (Å²) in [6.07, 6.45) is 1.99. The fourth-order valence-corrected chi connectivity index (χ4v) is 4.28. The maximum Gasteiger partial charge on any atom is 0.313 e. The van der Waals surface area contributed by atoms with Crippen molar-refractivity contribution >= 4 is 15.8 Å². The number of carbonyl (C=O) groups excluding carboxylic acids is 1. The summed E-state index contributed by atoms with van der Waals surface area (Å²) in [6, 6.07) is 16.1. The summed E-state index contributed by atoms with van der Waals surface area (Å²) in [5.74, 6) is -0.996. The molecule has 146 valence electrons. The lowest BCUT2D eigenvalue weighted by molar-refractivity contribution is -0.142. The fourth-order valence-electron chi connectivity index (χ4n) is 3.03. The van der Waals surface area contributed by atoms with E-state index in [-0.39, 0.29) is 9.92 Å². The monoisotopic (exact) mass is 397 g/mol. The van der Waals surface area contributed by atoms with E-state index in [1.807, 2.05) is 38.1 Å². The Balaban J connectivity index is 1.92. The van der Waals surface area contributed by atoms with Crippen molar-refractivity contribution in [3.63, 3.8) is 0 Å². The van der Waals surface area contributed by atoms with Gasteiger partial charge in [-0.05, 0) is 49.6 Å². The number of rotatable bonds is 6. The van der Waals surface area contributed by atoms with Gasteiger partial charge in [-0.3, -0.25) is 4.79 Å². The molecule has 28 heavy (non-hydrogen) atoms. The van der Waals surface area contributed by atoms with Crippen LogP contribution in [0.1, 0.15) is 28.2 Å². The van der Waals surface area contributed by atoms with Crippen molar-refractivity contribution in [3.8, 4) is 0 Å². The molecule has 0 unspecified atom stereocenters. The molecule has 0 aliphatic heterocycles. The van der Waals surface area contributed by atoms with Crippen LogP contribution in [0.25, 0.3) is 0 Å². The van der Waals surface area contributed by atoms with Crippen molar-refractivity contribution in [2.75, 3.05) is 7.11 Å². The molecule has 0 aliphatic rings. The first-order valence-electron chi connectivity index (χ1n) is 8.94. The number of aromatic nitrogens is 1. The highest BCUT2D eigenvalue weighted by Gasteiger charge is 2.26. The minimum absolute atomic E-state index is 0.0594. The molecule has 2 aromatic carbocycles. The van der Waals surface area contributed by atoms with Gasteiger partial charge in [0.25, 0.3) is 0 Å². The second-order valence-corrected chi connectivity index (χ2v) is 8.80. The standard InChI is InChI=1S/C22H23NO4S/c1-15-4-8-17(9-5-15)12-20(22(24)27-3)18-13-21(23-14-18)28(25,26)19-10-6-16(2)7-11-19/h4-11,13-14,20,23H,12H2,1-3H3/t20-/m1/s1. The number of nitrogens with one attached hydrogen (secondary N) is 1. The highest BCUT2D eigenvalue weighted by Crippen LogP contribution is 2.27. The second kappa shape index (κ2) is 8.02. The quantitative estimate of drug-likeness (QED) is 0.639. The van der Waals surface area contributed by atoms with Crippen LogP contribution in [0.4, 0.5) is 0 Å². The molecule has 1 aromatic heterocycles. The van der Waals surface area contributed by atoms with Gasteiger partial charge < -0.3 is 9.72 Å². The molecule has 1 atom stereocenters. The minimum Gasteiger partial charge on any atom is -0.469 e. The van der Waals surface area contributed by atoms with E-state index in [0.717, 1.165) is 16.7 Å². The van der Waals surface area contributed by atoms with Crippen LogP contribution in [-0.2, 0) is 25.8 Å². The number of hydrogen-bond acceptors (Lipinski definition) is 4. The molecule has 0 aliphatic carbocycles. The molecule has 0 amide bonds. The molecule has 3 rings (SSSR count). The van der Waals surface area contributed by atoms with E-state index in [1.54, 1.807) is 30.5 Å². The first kappa shape index (κ1) is 19.9. The Labute approximate surface area is 165 Å². The maximum absolute atomic E-state index is 12.9. The van der Waals surface area contributed by atoms with Crippen molar-refractivity contribution < 1.29 is 17.9 Å². The fraction of sp³-hybridized carbons (Fsp3) is 0.227. The minimum atomic E-state index is -3.69. The third kappa shape index (κ3) is 4.17. The van der Waals surface area contributed by atoms with Crippen molar-refractivity contribution in [1.29, 1.82) is 0 Å². The molecular formula is C22H23NO4S. The van der Waals surface area contributed by atoms with Gasteiger partial charge in [-0.25, -0.2) is 8.42 Å². The summed E-state index contributed by atoms with van der Waals surface area (Å²) in [6.45, 7) is 3.89. The van der Waals surface area contributed by atoms with Crippen LogP contribution in [0.3, 0.4) is 0 Å². The van der Waals surface area contributed by atoms with Gasteiger partial charge in [0, 0.05) is 6.20 Å². The molecule has 0 bridgehead atoms. The largest absolute Gasteiger partial charge is 0.469 e. The summed E-state index contributed by atoms with van der Waals surface area (Å²) in [7, 11) is -2.35. The normalized spacial score (nSPS) is 12.5. The lowest BCUT2D eigenvalue weighted by Crippen LogP contribution is -2.16. The Kier molecular flexibility index (Phi) is 5.70. The van der Waals surface area contributed by atoms with E-state index in [0.29, 0.717) is 12.0 Å². The number of esters is 1. The van der Waals surface area contributed by atoms with Gasteiger partial charge >= 0.3 is 5.97 Å². The van der Waals surface area contributed by atoms with E-state index in [2.05, 4.69) is 4.98 Å². The lowest BCUT2D eigenvalue weighted by atomic mass is 9.93. The number of methoxy groups -OCH3 is 1. The summed E-state index contributed by atoms with van der Waals surface area (Å²) >= 11 is 0. The molecule has 0 radical (unpaired) electrons. The number of H-pyrrole nitrogens is 1. The summed E-state index contributed by atoms with van der Waals surface area (Å²) in [5, 5.41) is 0.0594. The average Bonchev–Trinajstić information content (AvgIpc) is 3.18. The third-order valence-electron chi connectivity index (χ3n) is 4.75. The predicted octanol–water partition coefficient (Wildman–Crippen LogP) is 3.96. The van der Waals surface area contributed by atoms with Crippen LogP contribution in [0, 0.1) is 13.8 Å². The molecule has 1 N–H and O–H groups in total. The van der Waals surface area contributed by atoms with Crippen LogP contribution in [0.2, 0.25) is 0 Å². The predicted molar refractivity (Wildman–Crippen MR) is 107 cm³/mol. The molecule has 0 fully saturated rings. The Morgan fingerprint density at radius 2 is 1.57 bits per heavy atom. The van der Waals surface area contributed by atoms with Crippen LogP contribution in [0.5, 0.6) is 0 Å². The molecule has 3 aromatic rings. The van der Waals surface area contributed by atoms with Gasteiger partial charge in [0.2, 0.25) is 9.84 Å². The summed E-state index contributed by atoms with van der Waals surface area (Å²) in [5.41, 5.74) is 3.67. The lowest BCUT2D eigenvalue weighted by Gasteiger charge is -2.13. The van der Waals surface area contributed by atoms with E-state index in [1.165, 1.54) is 13.2 Å². The number of sulfone groups is 1. The van der Waals surface area contributed by atoms with E-state index < -0.39 is 21.7 Å². The van der Waals surface area contributed by atoms with E-state index in [9.17, 15) is 13.2 Å². The van der Waals surface area contributed by atoms with Crippen molar-refractivity contribution in [1.82, 2.24) is 4.98 Å². The Morgan fingerprint density at radius 1 is 1.00 bits per heavy atom. The SMILES string of the molecule is COC(=O)[C@H](Cc1ccc(C)cc1)c1c[nH]c(S(=O)(=O)c2ccc(C)cc2)c1. The molecule has 0 saturated heterocycles. The molecule has 5 nitrogen and oxygen atoms in total. The summed E-state index contributed by atoms with van der Waals surface area (Å²) in [4.78, 5) is 15.4. The highest BCUT2D eigenvalue weighted by atomic mass is 32.2. The Morgan fingerprint density at radius 3 is 2.14 bits per heavy atom. The van der Waals surface area contributed by atoms with Crippen LogP contribution < -0.4 is 0 Å². The maximum atomic E-state index is 12.9. The smallest absolute Gasteiger partial charge is 0.313 e. The third-order valence-corrected chi connectivity index (χ3v) is 6.46. The molecule has 0 saturated carbocycles. The van der Waals surface area contributed by atoms with Crippen molar-refractivity contribution in [2.24, 2.45) is 0 Å².